The van der Waals surface area contributed by atoms with Gasteiger partial charge < -0.3 is 20.3 Å². The number of halogens is 2. The molecule has 0 spiro atoms. The number of piperidine rings is 1. The number of rotatable bonds is 6. The largest absolute Gasteiger partial charge is 0.483 e. The Morgan fingerprint density at radius 3 is 2.62 bits per heavy atom. The zero-order valence-corrected chi connectivity index (χ0v) is 19.9. The molecule has 1 aromatic heterocycles. The second kappa shape index (κ2) is 9.76. The predicted molar refractivity (Wildman–Crippen MR) is 127 cm³/mol. The molecule has 3 fully saturated rings. The number of aromatic nitrogens is 1. The van der Waals surface area contributed by atoms with Crippen LogP contribution >= 0.6 is 0 Å². The van der Waals surface area contributed by atoms with Crippen molar-refractivity contribution in [2.75, 3.05) is 18.4 Å². The van der Waals surface area contributed by atoms with E-state index in [1.165, 1.54) is 12.1 Å². The van der Waals surface area contributed by atoms with Gasteiger partial charge in [-0.1, -0.05) is 6.07 Å². The number of nitrogens with zero attached hydrogens (tertiary/aromatic N) is 3. The highest BCUT2D eigenvalue weighted by atomic mass is 19.3. The molecule has 3 amide bonds. The lowest BCUT2D eigenvalue weighted by Crippen LogP contribution is -2.58. The van der Waals surface area contributed by atoms with Crippen molar-refractivity contribution < 1.29 is 27.9 Å². The smallest absolute Gasteiger partial charge is 0.301 e. The van der Waals surface area contributed by atoms with Crippen LogP contribution in [0.1, 0.15) is 37.7 Å². The van der Waals surface area contributed by atoms with Crippen molar-refractivity contribution in [1.29, 1.82) is 5.26 Å². The molecule has 2 aliphatic heterocycles. The number of ether oxygens (including phenoxy) is 1. The molecule has 2 aromatic rings. The lowest BCUT2D eigenvalue weighted by atomic mass is 10.0. The van der Waals surface area contributed by atoms with E-state index in [0.717, 1.165) is 17.7 Å². The summed E-state index contributed by atoms with van der Waals surface area (Å²) < 4.78 is 35.6. The fourth-order valence-corrected chi connectivity index (χ4v) is 4.58. The number of carbonyl (C=O) groups excluding carboxylic acids is 3. The molecule has 192 valence electrons. The highest BCUT2D eigenvalue weighted by molar-refractivity contribution is 5.93. The third-order valence-electron chi connectivity index (χ3n) is 6.80. The molecule has 2 atom stereocenters. The predicted octanol–water partition coefficient (Wildman–Crippen LogP) is 2.86. The summed E-state index contributed by atoms with van der Waals surface area (Å²) in [6, 6.07) is 9.30. The van der Waals surface area contributed by atoms with Crippen LogP contribution in [0.4, 0.5) is 14.6 Å². The molecule has 9 nitrogen and oxygen atoms in total. The first-order valence-corrected chi connectivity index (χ1v) is 12.2. The second-order valence-electron chi connectivity index (χ2n) is 9.59. The maximum Gasteiger partial charge on any atom is 0.301 e. The Kier molecular flexibility index (Phi) is 6.50. The summed E-state index contributed by atoms with van der Waals surface area (Å²) in [4.78, 5) is 41.2. The summed E-state index contributed by atoms with van der Waals surface area (Å²) in [5.74, 6) is -3.76. The molecule has 0 bridgehead atoms. The Bertz CT molecular complexity index is 1290. The maximum atomic E-state index is 15.0. The summed E-state index contributed by atoms with van der Waals surface area (Å²) in [5, 5.41) is 15.0. The maximum absolute atomic E-state index is 15.0. The van der Waals surface area contributed by atoms with Gasteiger partial charge in [-0.2, -0.15) is 5.26 Å². The molecular formula is C26H25F2N5O4. The van der Waals surface area contributed by atoms with Gasteiger partial charge in [0.1, 0.15) is 23.7 Å². The second-order valence-corrected chi connectivity index (χ2v) is 9.59. The van der Waals surface area contributed by atoms with Crippen LogP contribution in [0.25, 0.3) is 11.1 Å². The van der Waals surface area contributed by atoms with Crippen LogP contribution in [0.2, 0.25) is 0 Å². The third-order valence-corrected chi connectivity index (χ3v) is 6.80. The van der Waals surface area contributed by atoms with Crippen LogP contribution in [0.5, 0.6) is 5.75 Å². The monoisotopic (exact) mass is 509 g/mol. The van der Waals surface area contributed by atoms with Gasteiger partial charge in [0.15, 0.2) is 6.10 Å². The number of carbonyl (C=O) groups is 3. The first kappa shape index (κ1) is 24.6. The molecule has 3 aliphatic rings. The van der Waals surface area contributed by atoms with Gasteiger partial charge in [0.25, 0.3) is 0 Å². The van der Waals surface area contributed by atoms with Crippen molar-refractivity contribution in [3.63, 3.8) is 0 Å². The van der Waals surface area contributed by atoms with E-state index in [0.29, 0.717) is 23.4 Å². The van der Waals surface area contributed by atoms with Crippen molar-refractivity contribution in [1.82, 2.24) is 15.2 Å². The Morgan fingerprint density at radius 2 is 1.95 bits per heavy atom. The number of nitriles is 1. The van der Waals surface area contributed by atoms with Gasteiger partial charge in [-0.15, -0.1) is 0 Å². The van der Waals surface area contributed by atoms with Gasteiger partial charge in [0, 0.05) is 31.5 Å². The zero-order chi connectivity index (χ0) is 26.2. The number of anilines is 1. The summed E-state index contributed by atoms with van der Waals surface area (Å²) >= 11 is 0. The first-order valence-electron chi connectivity index (χ1n) is 12.2. The lowest BCUT2D eigenvalue weighted by molar-refractivity contribution is -0.161. The van der Waals surface area contributed by atoms with Gasteiger partial charge in [-0.25, -0.2) is 13.8 Å². The van der Waals surface area contributed by atoms with Gasteiger partial charge in [0.05, 0.1) is 12.1 Å². The van der Waals surface area contributed by atoms with E-state index in [9.17, 15) is 28.4 Å². The van der Waals surface area contributed by atoms with E-state index < -0.39 is 30.5 Å². The SMILES string of the molecule is N#Cc1cc(-c2ccnc(NC(=O)C3CC3)c2)ccc1O[C@H]1CCN(C(=O)[C@@H]2CCC(=O)N2)CC1(F)F. The molecule has 0 radical (unpaired) electrons. The normalized spacial score (nSPS) is 22.6. The minimum Gasteiger partial charge on any atom is -0.483 e. The van der Waals surface area contributed by atoms with E-state index >= 15 is 0 Å². The lowest BCUT2D eigenvalue weighted by Gasteiger charge is -2.39. The van der Waals surface area contributed by atoms with E-state index in [1.54, 1.807) is 24.4 Å². The highest BCUT2D eigenvalue weighted by Crippen LogP contribution is 2.35. The van der Waals surface area contributed by atoms with Crippen LogP contribution in [0, 0.1) is 17.2 Å². The average Bonchev–Trinajstić information content (AvgIpc) is 3.65. The Balaban J connectivity index is 1.27. The Labute approximate surface area is 211 Å². The minimum absolute atomic E-state index is 0.0232. The number of nitrogens with one attached hydrogen (secondary N) is 2. The topological polar surface area (TPSA) is 124 Å². The molecule has 37 heavy (non-hydrogen) atoms. The summed E-state index contributed by atoms with van der Waals surface area (Å²) in [6.45, 7) is -0.771. The number of amides is 3. The van der Waals surface area contributed by atoms with Crippen LogP contribution in [-0.4, -0.2) is 58.8 Å². The van der Waals surface area contributed by atoms with E-state index in [1.807, 2.05) is 6.07 Å². The molecule has 1 aliphatic carbocycles. The highest BCUT2D eigenvalue weighted by Gasteiger charge is 2.49. The molecule has 11 heteroatoms. The van der Waals surface area contributed by atoms with Gasteiger partial charge in [-0.05, 0) is 54.7 Å². The Morgan fingerprint density at radius 1 is 1.16 bits per heavy atom. The molecule has 2 saturated heterocycles. The number of hydrogen-bond donors (Lipinski definition) is 2. The van der Waals surface area contributed by atoms with E-state index in [2.05, 4.69) is 15.6 Å². The van der Waals surface area contributed by atoms with E-state index in [4.69, 9.17) is 4.74 Å². The fraction of sp³-hybridized carbons (Fsp3) is 0.423. The number of pyridine rings is 1. The third kappa shape index (κ3) is 5.38. The standard InChI is InChI=1S/C26H25F2N5O4/c27-26(28)14-33(25(36)19-4-6-23(34)31-19)10-8-21(26)37-20-5-3-16(11-18(20)13-29)17-7-9-30-22(12-17)32-24(35)15-1-2-15/h3,5,7,9,11-12,15,19,21H,1-2,4,6,8,10,14H2,(H,31,34)(H,30,32,35)/t19-,21-/m0/s1. The molecule has 5 rings (SSSR count). The number of alkyl halides is 2. The summed E-state index contributed by atoms with van der Waals surface area (Å²) in [7, 11) is 0. The van der Waals surface area contributed by atoms with Crippen molar-refractivity contribution in [2.45, 2.75) is 50.2 Å². The molecular weight excluding hydrogens is 484 g/mol. The summed E-state index contributed by atoms with van der Waals surface area (Å²) in [5.41, 5.74) is 1.42. The number of benzene rings is 1. The molecule has 1 aromatic carbocycles. The molecule has 1 saturated carbocycles. The van der Waals surface area contributed by atoms with Gasteiger partial charge in [-0.3, -0.25) is 14.4 Å². The molecule has 0 unspecified atom stereocenters. The van der Waals surface area contributed by atoms with Gasteiger partial charge >= 0.3 is 5.92 Å². The van der Waals surface area contributed by atoms with E-state index in [-0.39, 0.29) is 48.4 Å². The van der Waals surface area contributed by atoms with Gasteiger partial charge in [0.2, 0.25) is 17.7 Å². The van der Waals surface area contributed by atoms with Crippen molar-refractivity contribution in [3.8, 4) is 22.9 Å². The van der Waals surface area contributed by atoms with Crippen molar-refractivity contribution in [2.24, 2.45) is 5.92 Å². The first-order chi connectivity index (χ1) is 17.7. The zero-order valence-electron chi connectivity index (χ0n) is 19.9. The number of likely N-dealkylation sites (tertiary alicyclic amines) is 1. The van der Waals surface area contributed by atoms with Crippen LogP contribution in [0.15, 0.2) is 36.5 Å². The number of hydrogen-bond acceptors (Lipinski definition) is 6. The molecule has 3 heterocycles. The molecule has 2 N–H and O–H groups in total. The van der Waals surface area contributed by atoms with Crippen LogP contribution < -0.4 is 15.4 Å². The van der Waals surface area contributed by atoms with Crippen LogP contribution in [0.3, 0.4) is 0 Å². The fourth-order valence-electron chi connectivity index (χ4n) is 4.58. The van der Waals surface area contributed by atoms with Crippen molar-refractivity contribution >= 4 is 23.5 Å². The quantitative estimate of drug-likeness (QED) is 0.617. The van der Waals surface area contributed by atoms with Crippen molar-refractivity contribution in [3.05, 3.63) is 42.1 Å². The average molecular weight is 510 g/mol. The minimum atomic E-state index is -3.35. The van der Waals surface area contributed by atoms with Crippen LogP contribution in [-0.2, 0) is 14.4 Å². The Hall–Kier alpha value is -4.07. The summed E-state index contributed by atoms with van der Waals surface area (Å²) in [6.07, 6.45) is 2.13.